The van der Waals surface area contributed by atoms with Crippen LogP contribution in [0.25, 0.3) is 0 Å². The molecule has 0 amide bonds. The highest BCUT2D eigenvalue weighted by atomic mass is 32.2. The maximum absolute atomic E-state index is 12.7. The average Bonchev–Trinajstić information content (AvgIpc) is 3.30. The van der Waals surface area contributed by atoms with Crippen LogP contribution in [0.1, 0.15) is 11.8 Å². The lowest BCUT2D eigenvalue weighted by molar-refractivity contribution is 0.166. The summed E-state index contributed by atoms with van der Waals surface area (Å²) in [6.45, 7) is 3.68. The highest BCUT2D eigenvalue weighted by Gasteiger charge is 2.28. The Bertz CT molecular complexity index is 984. The minimum absolute atomic E-state index is 0.151. The smallest absolute Gasteiger partial charge is 0.240 e. The van der Waals surface area contributed by atoms with E-state index in [1.54, 1.807) is 36.6 Å². The van der Waals surface area contributed by atoms with Crippen LogP contribution >= 0.6 is 0 Å². The summed E-state index contributed by atoms with van der Waals surface area (Å²) >= 11 is 0. The van der Waals surface area contributed by atoms with Crippen LogP contribution < -0.4 is 9.62 Å². The van der Waals surface area contributed by atoms with Crippen molar-refractivity contribution in [2.45, 2.75) is 10.9 Å². The van der Waals surface area contributed by atoms with Gasteiger partial charge in [0.2, 0.25) is 10.0 Å². The summed E-state index contributed by atoms with van der Waals surface area (Å²) in [6.07, 6.45) is 1.63. The van der Waals surface area contributed by atoms with Crippen molar-refractivity contribution in [3.8, 4) is 0 Å². The van der Waals surface area contributed by atoms with Gasteiger partial charge in [0.25, 0.3) is 0 Å². The molecule has 1 fully saturated rings. The molecule has 0 aliphatic carbocycles. The summed E-state index contributed by atoms with van der Waals surface area (Å²) in [5, 5.41) is 0. The van der Waals surface area contributed by atoms with Gasteiger partial charge in [-0.2, -0.15) is 0 Å². The fourth-order valence-electron chi connectivity index (χ4n) is 3.69. The molecule has 0 spiro atoms. The molecule has 1 aliphatic heterocycles. The minimum atomic E-state index is -3.57. The largest absolute Gasteiger partial charge is 0.468 e. The summed E-state index contributed by atoms with van der Waals surface area (Å²) in [6, 6.07) is 22.4. The van der Waals surface area contributed by atoms with Gasteiger partial charge >= 0.3 is 0 Å². The fraction of sp³-hybridized carbons (Fsp3) is 0.273. The quantitative estimate of drug-likeness (QED) is 0.647. The van der Waals surface area contributed by atoms with E-state index in [9.17, 15) is 8.42 Å². The second-order valence-corrected chi connectivity index (χ2v) is 8.82. The van der Waals surface area contributed by atoms with Crippen molar-refractivity contribution in [3.63, 3.8) is 0 Å². The zero-order chi connectivity index (χ0) is 20.1. The second kappa shape index (κ2) is 8.82. The number of hydrogen-bond donors (Lipinski definition) is 1. The monoisotopic (exact) mass is 411 g/mol. The predicted octanol–water partition coefficient (Wildman–Crippen LogP) is 3.12. The number of para-hydroxylation sites is 1. The Morgan fingerprint density at radius 2 is 1.52 bits per heavy atom. The van der Waals surface area contributed by atoms with Gasteiger partial charge in [0, 0.05) is 38.4 Å². The predicted molar refractivity (Wildman–Crippen MR) is 113 cm³/mol. The van der Waals surface area contributed by atoms with E-state index >= 15 is 0 Å². The lowest BCUT2D eigenvalue weighted by Crippen LogP contribution is -2.49. The van der Waals surface area contributed by atoms with Gasteiger partial charge in [-0.25, -0.2) is 13.1 Å². The molecule has 0 bridgehead atoms. The van der Waals surface area contributed by atoms with Gasteiger partial charge in [0.1, 0.15) is 5.76 Å². The zero-order valence-electron chi connectivity index (χ0n) is 16.1. The molecule has 2 heterocycles. The number of rotatable bonds is 7. The van der Waals surface area contributed by atoms with Crippen molar-refractivity contribution in [2.75, 3.05) is 37.6 Å². The normalized spacial score (nSPS) is 16.6. The van der Waals surface area contributed by atoms with E-state index in [1.807, 2.05) is 30.3 Å². The van der Waals surface area contributed by atoms with Crippen molar-refractivity contribution in [1.29, 1.82) is 0 Å². The summed E-state index contributed by atoms with van der Waals surface area (Å²) in [5.74, 6) is 0.772. The first-order chi connectivity index (χ1) is 14.1. The van der Waals surface area contributed by atoms with Crippen LogP contribution in [0.5, 0.6) is 0 Å². The van der Waals surface area contributed by atoms with Crippen molar-refractivity contribution in [1.82, 2.24) is 9.62 Å². The number of hydrogen-bond acceptors (Lipinski definition) is 5. The Hall–Kier alpha value is -2.61. The molecule has 0 saturated carbocycles. The topological polar surface area (TPSA) is 65.8 Å². The van der Waals surface area contributed by atoms with Gasteiger partial charge in [-0.05, 0) is 36.4 Å². The Morgan fingerprint density at radius 3 is 2.14 bits per heavy atom. The molecule has 1 N–H and O–H groups in total. The number of nitrogens with one attached hydrogen (secondary N) is 1. The minimum Gasteiger partial charge on any atom is -0.468 e. The molecule has 1 saturated heterocycles. The third-order valence-corrected chi connectivity index (χ3v) is 6.71. The van der Waals surface area contributed by atoms with Crippen molar-refractivity contribution < 1.29 is 12.8 Å². The van der Waals surface area contributed by atoms with Gasteiger partial charge in [0.05, 0.1) is 17.2 Å². The molecule has 0 unspecified atom stereocenters. The molecular formula is C22H25N3O3S. The molecule has 1 aliphatic rings. The first-order valence-corrected chi connectivity index (χ1v) is 11.2. The van der Waals surface area contributed by atoms with Crippen LogP contribution in [-0.4, -0.2) is 46.0 Å². The molecule has 7 heteroatoms. The van der Waals surface area contributed by atoms with E-state index in [0.29, 0.717) is 0 Å². The molecule has 1 atom stereocenters. The number of anilines is 1. The number of furan rings is 1. The Morgan fingerprint density at radius 1 is 0.862 bits per heavy atom. The first kappa shape index (κ1) is 19.7. The molecule has 152 valence electrons. The number of nitrogens with zero attached hydrogens (tertiary/aromatic N) is 2. The SMILES string of the molecule is O=S(=O)(NC[C@H](c1ccco1)N1CCN(c2ccccc2)CC1)c1ccccc1. The van der Waals surface area contributed by atoms with Crippen molar-refractivity contribution >= 4 is 15.7 Å². The van der Waals surface area contributed by atoms with Crippen LogP contribution in [0.3, 0.4) is 0 Å². The Balaban J connectivity index is 1.45. The van der Waals surface area contributed by atoms with E-state index in [-0.39, 0.29) is 17.5 Å². The van der Waals surface area contributed by atoms with E-state index in [0.717, 1.165) is 31.9 Å². The maximum atomic E-state index is 12.7. The van der Waals surface area contributed by atoms with Crippen LogP contribution in [0, 0.1) is 0 Å². The van der Waals surface area contributed by atoms with Gasteiger partial charge in [-0.1, -0.05) is 36.4 Å². The maximum Gasteiger partial charge on any atom is 0.240 e. The van der Waals surface area contributed by atoms with Crippen LogP contribution in [0.15, 0.2) is 88.4 Å². The zero-order valence-corrected chi connectivity index (χ0v) is 17.0. The van der Waals surface area contributed by atoms with Gasteiger partial charge in [-0.15, -0.1) is 0 Å². The molecule has 6 nitrogen and oxygen atoms in total. The van der Waals surface area contributed by atoms with Gasteiger partial charge in [0.15, 0.2) is 0 Å². The van der Waals surface area contributed by atoms with Crippen molar-refractivity contribution in [2.24, 2.45) is 0 Å². The van der Waals surface area contributed by atoms with Crippen LogP contribution in [0.4, 0.5) is 5.69 Å². The number of piperazine rings is 1. The lowest BCUT2D eigenvalue weighted by Gasteiger charge is -2.39. The van der Waals surface area contributed by atoms with E-state index in [2.05, 4.69) is 26.7 Å². The molecule has 29 heavy (non-hydrogen) atoms. The summed E-state index contributed by atoms with van der Waals surface area (Å²) < 4.78 is 33.7. The second-order valence-electron chi connectivity index (χ2n) is 7.05. The van der Waals surface area contributed by atoms with E-state index < -0.39 is 10.0 Å². The molecular weight excluding hydrogens is 386 g/mol. The number of sulfonamides is 1. The van der Waals surface area contributed by atoms with E-state index in [1.165, 1.54) is 5.69 Å². The molecule has 1 aromatic heterocycles. The standard InChI is InChI=1S/C22H25N3O3S/c26-29(27,20-10-5-2-6-11-20)23-18-21(22-12-7-17-28-22)25-15-13-24(14-16-25)19-8-3-1-4-9-19/h1-12,17,21,23H,13-16,18H2/t21-/m1/s1. The van der Waals surface area contributed by atoms with Gasteiger partial charge < -0.3 is 9.32 Å². The average molecular weight is 412 g/mol. The molecule has 4 rings (SSSR count). The lowest BCUT2D eigenvalue weighted by atomic mass is 10.1. The molecule has 3 aromatic rings. The molecule has 0 radical (unpaired) electrons. The van der Waals surface area contributed by atoms with Gasteiger partial charge in [-0.3, -0.25) is 4.90 Å². The third-order valence-electron chi connectivity index (χ3n) is 5.27. The Kier molecular flexibility index (Phi) is 5.99. The van der Waals surface area contributed by atoms with Crippen molar-refractivity contribution in [3.05, 3.63) is 84.8 Å². The first-order valence-electron chi connectivity index (χ1n) is 9.76. The van der Waals surface area contributed by atoms with Crippen LogP contribution in [0.2, 0.25) is 0 Å². The number of benzene rings is 2. The Labute approximate surface area is 171 Å². The highest BCUT2D eigenvalue weighted by molar-refractivity contribution is 7.89. The fourth-order valence-corrected chi connectivity index (χ4v) is 4.75. The van der Waals surface area contributed by atoms with Crippen LogP contribution in [-0.2, 0) is 10.0 Å². The third kappa shape index (κ3) is 4.70. The summed E-state index contributed by atoms with van der Waals surface area (Å²) in [4.78, 5) is 4.91. The van der Waals surface area contributed by atoms with E-state index in [4.69, 9.17) is 4.42 Å². The summed E-state index contributed by atoms with van der Waals surface area (Å²) in [7, 11) is -3.57. The molecule has 2 aromatic carbocycles. The summed E-state index contributed by atoms with van der Waals surface area (Å²) in [5.41, 5.74) is 1.21. The highest BCUT2D eigenvalue weighted by Crippen LogP contribution is 2.25.